The van der Waals surface area contributed by atoms with Gasteiger partial charge in [0.2, 0.25) is 0 Å². The Balaban J connectivity index is 2.79. The highest BCUT2D eigenvalue weighted by molar-refractivity contribution is 4.68. The first-order valence-electron chi connectivity index (χ1n) is 4.72. The van der Waals surface area contributed by atoms with Gasteiger partial charge in [-0.2, -0.15) is 0 Å². The first-order valence-corrected chi connectivity index (χ1v) is 4.72. The fourth-order valence-corrected chi connectivity index (χ4v) is 0.742. The van der Waals surface area contributed by atoms with Gasteiger partial charge in [0, 0.05) is 19.8 Å². The summed E-state index contributed by atoms with van der Waals surface area (Å²) >= 11 is 0. The van der Waals surface area contributed by atoms with Crippen molar-refractivity contribution in [3.63, 3.8) is 0 Å². The molecule has 0 spiro atoms. The van der Waals surface area contributed by atoms with Crippen LogP contribution >= 0.6 is 0 Å². The van der Waals surface area contributed by atoms with E-state index in [2.05, 4.69) is 29.5 Å². The molecule has 78 valence electrons. The van der Waals surface area contributed by atoms with E-state index in [0.29, 0.717) is 6.73 Å². The van der Waals surface area contributed by atoms with E-state index in [1.165, 1.54) is 0 Å². The van der Waals surface area contributed by atoms with Gasteiger partial charge in [-0.25, -0.2) is 0 Å². The second kappa shape index (κ2) is 11.6. The Morgan fingerprint density at radius 1 is 1.31 bits per heavy atom. The van der Waals surface area contributed by atoms with Gasteiger partial charge in [-0.3, -0.25) is 5.32 Å². The predicted molar refractivity (Wildman–Crippen MR) is 55.6 cm³/mol. The Bertz CT molecular complexity index is 109. The molecule has 0 saturated carbocycles. The molecule has 0 heterocycles. The molecule has 0 unspecified atom stereocenters. The second-order valence-corrected chi connectivity index (χ2v) is 2.58. The summed E-state index contributed by atoms with van der Waals surface area (Å²) < 4.78 is 5.26. The highest BCUT2D eigenvalue weighted by atomic mass is 16.5. The largest absolute Gasteiger partial charge is 0.365 e. The van der Waals surface area contributed by atoms with Gasteiger partial charge in [-0.1, -0.05) is 13.0 Å². The van der Waals surface area contributed by atoms with Crippen molar-refractivity contribution in [1.82, 2.24) is 16.0 Å². The smallest absolute Gasteiger partial charge is 0.0965 e. The molecule has 4 heteroatoms. The first-order chi connectivity index (χ1) is 6.41. The molecule has 0 atom stereocenters. The SMILES string of the molecule is C=CCNCNCCOCNCC. The van der Waals surface area contributed by atoms with E-state index < -0.39 is 0 Å². The molecule has 4 nitrogen and oxygen atoms in total. The van der Waals surface area contributed by atoms with Gasteiger partial charge in [0.15, 0.2) is 0 Å². The summed E-state index contributed by atoms with van der Waals surface area (Å²) in [5.41, 5.74) is 0. The van der Waals surface area contributed by atoms with Crippen LogP contribution in [-0.4, -0.2) is 39.6 Å². The number of hydrogen-bond acceptors (Lipinski definition) is 4. The lowest BCUT2D eigenvalue weighted by atomic mass is 10.6. The van der Waals surface area contributed by atoms with Crippen LogP contribution in [0.4, 0.5) is 0 Å². The maximum Gasteiger partial charge on any atom is 0.0965 e. The molecule has 0 fully saturated rings. The fourth-order valence-electron chi connectivity index (χ4n) is 0.742. The third kappa shape index (κ3) is 11.6. The minimum atomic E-state index is 0.637. The van der Waals surface area contributed by atoms with Gasteiger partial charge >= 0.3 is 0 Å². The van der Waals surface area contributed by atoms with E-state index in [4.69, 9.17) is 4.74 Å². The summed E-state index contributed by atoms with van der Waals surface area (Å²) in [6, 6.07) is 0. The Morgan fingerprint density at radius 3 is 2.85 bits per heavy atom. The molecular weight excluding hydrogens is 166 g/mol. The molecule has 13 heavy (non-hydrogen) atoms. The van der Waals surface area contributed by atoms with Crippen LogP contribution in [0.3, 0.4) is 0 Å². The van der Waals surface area contributed by atoms with Gasteiger partial charge < -0.3 is 15.4 Å². The highest BCUT2D eigenvalue weighted by Crippen LogP contribution is 1.68. The van der Waals surface area contributed by atoms with Crippen LogP contribution in [0.1, 0.15) is 6.92 Å². The van der Waals surface area contributed by atoms with Gasteiger partial charge in [-0.15, -0.1) is 6.58 Å². The van der Waals surface area contributed by atoms with E-state index in [0.717, 1.165) is 32.9 Å². The number of rotatable bonds is 10. The summed E-state index contributed by atoms with van der Waals surface area (Å²) in [5.74, 6) is 0. The summed E-state index contributed by atoms with van der Waals surface area (Å²) in [6.07, 6.45) is 1.84. The predicted octanol–water partition coefficient (Wildman–Crippen LogP) is -0.107. The van der Waals surface area contributed by atoms with E-state index in [1.54, 1.807) is 0 Å². The van der Waals surface area contributed by atoms with Crippen LogP contribution in [-0.2, 0) is 4.74 Å². The highest BCUT2D eigenvalue weighted by Gasteiger charge is 1.86. The quantitative estimate of drug-likeness (QED) is 0.254. The zero-order valence-corrected chi connectivity index (χ0v) is 8.44. The zero-order valence-electron chi connectivity index (χ0n) is 8.44. The number of ether oxygens (including phenoxy) is 1. The second-order valence-electron chi connectivity index (χ2n) is 2.58. The lowest BCUT2D eigenvalue weighted by molar-refractivity contribution is 0.119. The molecule has 0 saturated heterocycles. The molecule has 0 aliphatic heterocycles. The normalized spacial score (nSPS) is 10.2. The van der Waals surface area contributed by atoms with Crippen molar-refractivity contribution in [2.24, 2.45) is 0 Å². The van der Waals surface area contributed by atoms with Crippen molar-refractivity contribution in [1.29, 1.82) is 0 Å². The van der Waals surface area contributed by atoms with Crippen molar-refractivity contribution in [2.45, 2.75) is 6.92 Å². The molecular formula is C9H21N3O. The molecule has 0 aliphatic carbocycles. The van der Waals surface area contributed by atoms with Crippen LogP contribution in [0.5, 0.6) is 0 Å². The average molecular weight is 187 g/mol. The monoisotopic (exact) mass is 187 g/mol. The van der Waals surface area contributed by atoms with Gasteiger partial charge in [0.25, 0.3) is 0 Å². The minimum Gasteiger partial charge on any atom is -0.365 e. The molecule has 0 aliphatic rings. The van der Waals surface area contributed by atoms with Crippen LogP contribution < -0.4 is 16.0 Å². The minimum absolute atomic E-state index is 0.637. The van der Waals surface area contributed by atoms with Crippen molar-refractivity contribution in [2.75, 3.05) is 39.6 Å². The number of hydrogen-bond donors (Lipinski definition) is 3. The van der Waals surface area contributed by atoms with Crippen LogP contribution in [0.2, 0.25) is 0 Å². The average Bonchev–Trinajstić information content (AvgIpc) is 2.16. The van der Waals surface area contributed by atoms with E-state index in [-0.39, 0.29) is 0 Å². The van der Waals surface area contributed by atoms with Crippen molar-refractivity contribution >= 4 is 0 Å². The van der Waals surface area contributed by atoms with Crippen LogP contribution in [0, 0.1) is 0 Å². The van der Waals surface area contributed by atoms with Gasteiger partial charge in [0.1, 0.15) is 0 Å². The molecule has 0 aromatic heterocycles. The molecule has 3 N–H and O–H groups in total. The summed E-state index contributed by atoms with van der Waals surface area (Å²) in [4.78, 5) is 0. The lowest BCUT2D eigenvalue weighted by Crippen LogP contribution is -2.32. The molecule has 0 rings (SSSR count). The van der Waals surface area contributed by atoms with Gasteiger partial charge in [-0.05, 0) is 6.54 Å². The zero-order chi connectivity index (χ0) is 9.78. The van der Waals surface area contributed by atoms with Crippen molar-refractivity contribution in [3.8, 4) is 0 Å². The molecule has 0 aromatic carbocycles. The van der Waals surface area contributed by atoms with E-state index >= 15 is 0 Å². The maximum atomic E-state index is 5.26. The topological polar surface area (TPSA) is 45.3 Å². The Morgan fingerprint density at radius 2 is 2.15 bits per heavy atom. The third-order valence-corrected chi connectivity index (χ3v) is 1.42. The molecule has 0 bridgehead atoms. The van der Waals surface area contributed by atoms with Crippen LogP contribution in [0.25, 0.3) is 0 Å². The number of nitrogens with one attached hydrogen (secondary N) is 3. The lowest BCUT2D eigenvalue weighted by Gasteiger charge is -2.06. The van der Waals surface area contributed by atoms with Gasteiger partial charge in [0.05, 0.1) is 13.3 Å². The fraction of sp³-hybridized carbons (Fsp3) is 0.778. The van der Waals surface area contributed by atoms with Crippen LogP contribution in [0.15, 0.2) is 12.7 Å². The molecule has 0 radical (unpaired) electrons. The third-order valence-electron chi connectivity index (χ3n) is 1.42. The Kier molecular flexibility index (Phi) is 11.2. The first kappa shape index (κ1) is 12.6. The Hall–Kier alpha value is -0.420. The van der Waals surface area contributed by atoms with Crippen molar-refractivity contribution in [3.05, 3.63) is 12.7 Å². The van der Waals surface area contributed by atoms with E-state index in [1.807, 2.05) is 6.08 Å². The standard InChI is InChI=1S/C9H21N3O/c1-3-5-11-8-12-6-7-13-9-10-4-2/h3,10-12H,1,4-9H2,2H3. The maximum absolute atomic E-state index is 5.26. The summed E-state index contributed by atoms with van der Waals surface area (Å²) in [5, 5.41) is 9.40. The van der Waals surface area contributed by atoms with Crippen molar-refractivity contribution < 1.29 is 4.74 Å². The molecule has 0 aromatic rings. The van der Waals surface area contributed by atoms with E-state index in [9.17, 15) is 0 Å². The summed E-state index contributed by atoms with van der Waals surface area (Å²) in [7, 11) is 0. The summed E-state index contributed by atoms with van der Waals surface area (Å²) in [6.45, 7) is 10.5. The Labute approximate surface area is 80.7 Å². The molecule has 0 amide bonds.